The van der Waals surface area contributed by atoms with E-state index in [-0.39, 0.29) is 10.7 Å². The number of nitrogens with zero attached hydrogens (tertiary/aromatic N) is 3. The second-order valence-corrected chi connectivity index (χ2v) is 5.90. The molecule has 0 radical (unpaired) electrons. The van der Waals surface area contributed by atoms with Crippen molar-refractivity contribution in [3.8, 4) is 0 Å². The summed E-state index contributed by atoms with van der Waals surface area (Å²) in [6.45, 7) is 5.78. The third kappa shape index (κ3) is 2.64. The van der Waals surface area contributed by atoms with E-state index in [9.17, 15) is 12.8 Å². The van der Waals surface area contributed by atoms with Gasteiger partial charge >= 0.3 is 0 Å². The number of pyridine rings is 1. The zero-order chi connectivity index (χ0) is 14.9. The van der Waals surface area contributed by atoms with Crippen LogP contribution in [0.25, 0.3) is 0 Å². The summed E-state index contributed by atoms with van der Waals surface area (Å²) in [6, 6.07) is 2.40. The lowest BCUT2D eigenvalue weighted by Crippen LogP contribution is -2.15. The van der Waals surface area contributed by atoms with Gasteiger partial charge in [-0.05, 0) is 32.9 Å². The molecule has 108 valence electrons. The fraction of sp³-hybridized carbons (Fsp3) is 0.333. The van der Waals surface area contributed by atoms with Gasteiger partial charge in [-0.3, -0.25) is 9.40 Å². The van der Waals surface area contributed by atoms with Crippen molar-refractivity contribution in [2.45, 2.75) is 32.2 Å². The van der Waals surface area contributed by atoms with Crippen LogP contribution in [0.4, 0.5) is 10.2 Å². The molecule has 0 unspecified atom stereocenters. The Morgan fingerprint density at radius 3 is 2.55 bits per heavy atom. The minimum absolute atomic E-state index is 0.0643. The van der Waals surface area contributed by atoms with Crippen LogP contribution >= 0.6 is 0 Å². The number of hydrogen-bond acceptors (Lipinski definition) is 4. The molecule has 0 aliphatic carbocycles. The average molecular weight is 298 g/mol. The SMILES string of the molecule is CCn1nc(C)c(S(=O)(=O)Nc2ccc(F)cn2)c1C. The minimum atomic E-state index is -3.80. The van der Waals surface area contributed by atoms with Crippen LogP contribution in [0, 0.1) is 19.7 Å². The van der Waals surface area contributed by atoms with Crippen molar-refractivity contribution < 1.29 is 12.8 Å². The molecule has 20 heavy (non-hydrogen) atoms. The van der Waals surface area contributed by atoms with Gasteiger partial charge in [-0.1, -0.05) is 0 Å². The smallest absolute Gasteiger partial charge is 0.266 e. The van der Waals surface area contributed by atoms with Crippen molar-refractivity contribution in [2.24, 2.45) is 0 Å². The fourth-order valence-corrected chi connectivity index (χ4v) is 3.42. The van der Waals surface area contributed by atoms with E-state index in [0.29, 0.717) is 17.9 Å². The Morgan fingerprint density at radius 1 is 1.35 bits per heavy atom. The monoisotopic (exact) mass is 298 g/mol. The van der Waals surface area contributed by atoms with Crippen molar-refractivity contribution in [1.29, 1.82) is 0 Å². The molecule has 0 aromatic carbocycles. The van der Waals surface area contributed by atoms with E-state index in [2.05, 4.69) is 14.8 Å². The van der Waals surface area contributed by atoms with Gasteiger partial charge in [-0.25, -0.2) is 17.8 Å². The maximum atomic E-state index is 12.8. The molecule has 2 heterocycles. The highest BCUT2D eigenvalue weighted by molar-refractivity contribution is 7.92. The standard InChI is InChI=1S/C12H15FN4O2S/c1-4-17-9(3)12(8(2)15-17)20(18,19)16-11-6-5-10(13)7-14-11/h5-7H,4H2,1-3H3,(H,14,16). The molecule has 0 aliphatic heterocycles. The second-order valence-electron chi connectivity index (χ2n) is 4.28. The lowest BCUT2D eigenvalue weighted by atomic mass is 10.4. The van der Waals surface area contributed by atoms with Gasteiger partial charge in [0.2, 0.25) is 0 Å². The zero-order valence-electron chi connectivity index (χ0n) is 11.4. The Morgan fingerprint density at radius 2 is 2.05 bits per heavy atom. The van der Waals surface area contributed by atoms with Gasteiger partial charge in [-0.2, -0.15) is 5.10 Å². The summed E-state index contributed by atoms with van der Waals surface area (Å²) in [7, 11) is -3.80. The molecule has 2 rings (SSSR count). The molecule has 0 atom stereocenters. The van der Waals surface area contributed by atoms with Crippen LogP contribution in [0.15, 0.2) is 23.2 Å². The van der Waals surface area contributed by atoms with Gasteiger partial charge in [0.15, 0.2) is 0 Å². The summed E-state index contributed by atoms with van der Waals surface area (Å²) >= 11 is 0. The van der Waals surface area contributed by atoms with Crippen LogP contribution in [-0.2, 0) is 16.6 Å². The maximum Gasteiger partial charge on any atom is 0.266 e. The van der Waals surface area contributed by atoms with E-state index in [1.807, 2.05) is 6.92 Å². The lowest BCUT2D eigenvalue weighted by Gasteiger charge is -2.07. The molecule has 0 aliphatic rings. The number of halogens is 1. The number of aryl methyl sites for hydroxylation is 2. The number of rotatable bonds is 4. The molecule has 0 saturated carbocycles. The Balaban J connectivity index is 2.40. The van der Waals surface area contributed by atoms with E-state index < -0.39 is 15.8 Å². The van der Waals surface area contributed by atoms with Crippen LogP contribution < -0.4 is 4.72 Å². The first-order valence-electron chi connectivity index (χ1n) is 6.03. The van der Waals surface area contributed by atoms with Gasteiger partial charge < -0.3 is 0 Å². The highest BCUT2D eigenvalue weighted by Gasteiger charge is 2.24. The van der Waals surface area contributed by atoms with Crippen LogP contribution in [0.2, 0.25) is 0 Å². The lowest BCUT2D eigenvalue weighted by molar-refractivity contribution is 0.597. The summed E-state index contributed by atoms with van der Waals surface area (Å²) < 4.78 is 41.4. The third-order valence-electron chi connectivity index (χ3n) is 2.85. The number of anilines is 1. The first kappa shape index (κ1) is 14.4. The van der Waals surface area contributed by atoms with Crippen LogP contribution in [0.1, 0.15) is 18.3 Å². The van der Waals surface area contributed by atoms with E-state index in [0.717, 1.165) is 12.3 Å². The number of nitrogens with one attached hydrogen (secondary N) is 1. The molecule has 6 nitrogen and oxygen atoms in total. The fourth-order valence-electron chi connectivity index (χ4n) is 2.00. The van der Waals surface area contributed by atoms with Crippen LogP contribution in [0.3, 0.4) is 0 Å². The van der Waals surface area contributed by atoms with E-state index in [1.54, 1.807) is 18.5 Å². The van der Waals surface area contributed by atoms with Gasteiger partial charge in [0.25, 0.3) is 10.0 Å². The van der Waals surface area contributed by atoms with E-state index >= 15 is 0 Å². The molecule has 0 saturated heterocycles. The van der Waals surface area contributed by atoms with Crippen molar-refractivity contribution in [1.82, 2.24) is 14.8 Å². The molecule has 8 heteroatoms. The Hall–Kier alpha value is -1.96. The van der Waals surface area contributed by atoms with Crippen LogP contribution in [0.5, 0.6) is 0 Å². The second kappa shape index (κ2) is 5.20. The Bertz CT molecular complexity index is 723. The molecule has 2 aromatic rings. The van der Waals surface area contributed by atoms with Crippen molar-refractivity contribution >= 4 is 15.8 Å². The molecule has 2 aromatic heterocycles. The molecular formula is C12H15FN4O2S. The van der Waals surface area contributed by atoms with Crippen molar-refractivity contribution in [2.75, 3.05) is 4.72 Å². The molecule has 1 N–H and O–H groups in total. The first-order valence-corrected chi connectivity index (χ1v) is 7.52. The molecule has 0 amide bonds. The summed E-state index contributed by atoms with van der Waals surface area (Å²) in [5, 5.41) is 4.17. The largest absolute Gasteiger partial charge is 0.268 e. The highest BCUT2D eigenvalue weighted by atomic mass is 32.2. The predicted octanol–water partition coefficient (Wildman–Crippen LogP) is 1.85. The van der Waals surface area contributed by atoms with Gasteiger partial charge in [0.1, 0.15) is 16.5 Å². The van der Waals surface area contributed by atoms with Crippen molar-refractivity contribution in [3.05, 3.63) is 35.5 Å². The maximum absolute atomic E-state index is 12.8. The number of hydrogen-bond donors (Lipinski definition) is 1. The summed E-state index contributed by atoms with van der Waals surface area (Å²) in [5.41, 5.74) is 0.971. The molecule has 0 bridgehead atoms. The van der Waals surface area contributed by atoms with E-state index in [1.165, 1.54) is 6.07 Å². The zero-order valence-corrected chi connectivity index (χ0v) is 12.2. The minimum Gasteiger partial charge on any atom is -0.268 e. The number of aromatic nitrogens is 3. The normalized spacial score (nSPS) is 11.6. The highest BCUT2D eigenvalue weighted by Crippen LogP contribution is 2.21. The molecule has 0 spiro atoms. The number of sulfonamides is 1. The summed E-state index contributed by atoms with van der Waals surface area (Å²) in [6.07, 6.45) is 0.951. The molecule has 0 fully saturated rings. The Labute approximate surface area is 116 Å². The molecular weight excluding hydrogens is 283 g/mol. The Kier molecular flexibility index (Phi) is 3.76. The summed E-state index contributed by atoms with van der Waals surface area (Å²) in [5.74, 6) is -0.464. The van der Waals surface area contributed by atoms with Crippen LogP contribution in [-0.4, -0.2) is 23.2 Å². The average Bonchev–Trinajstić information content (AvgIpc) is 2.67. The third-order valence-corrected chi connectivity index (χ3v) is 4.46. The summed E-state index contributed by atoms with van der Waals surface area (Å²) in [4.78, 5) is 3.81. The van der Waals surface area contributed by atoms with Gasteiger partial charge in [0.05, 0.1) is 17.6 Å². The van der Waals surface area contributed by atoms with Crippen molar-refractivity contribution in [3.63, 3.8) is 0 Å². The quantitative estimate of drug-likeness (QED) is 0.934. The predicted molar refractivity (Wildman–Crippen MR) is 72.4 cm³/mol. The van der Waals surface area contributed by atoms with Gasteiger partial charge in [-0.15, -0.1) is 0 Å². The van der Waals surface area contributed by atoms with E-state index in [4.69, 9.17) is 0 Å². The van der Waals surface area contributed by atoms with Gasteiger partial charge in [0, 0.05) is 6.54 Å². The topological polar surface area (TPSA) is 76.9 Å². The first-order chi connectivity index (χ1) is 9.35.